The van der Waals surface area contributed by atoms with E-state index in [1.54, 1.807) is 7.11 Å². The topological polar surface area (TPSA) is 64.7 Å². The van der Waals surface area contributed by atoms with Crippen LogP contribution in [0.25, 0.3) is 0 Å². The molecule has 1 saturated carbocycles. The predicted molar refractivity (Wildman–Crippen MR) is 67.9 cm³/mol. The van der Waals surface area contributed by atoms with Gasteiger partial charge in [0, 0.05) is 25.7 Å². The summed E-state index contributed by atoms with van der Waals surface area (Å²) in [5, 5.41) is 10.1. The van der Waals surface area contributed by atoms with Gasteiger partial charge in [-0.1, -0.05) is 12.8 Å². The average molecular weight is 245 g/mol. The molecule has 102 valence electrons. The van der Waals surface area contributed by atoms with E-state index in [1.807, 2.05) is 0 Å². The van der Waals surface area contributed by atoms with Gasteiger partial charge in [0.2, 0.25) is 0 Å². The number of aliphatic hydroxyl groups is 1. The molecule has 0 aromatic rings. The van der Waals surface area contributed by atoms with Crippen LogP contribution in [-0.4, -0.2) is 44.7 Å². The molecule has 1 aliphatic carbocycles. The number of hydrogen-bond acceptors (Lipinski definition) is 4. The van der Waals surface area contributed by atoms with Crippen molar-refractivity contribution >= 4 is 0 Å². The quantitative estimate of drug-likeness (QED) is 0.633. The molecule has 0 aromatic carbocycles. The highest BCUT2D eigenvalue weighted by atomic mass is 16.5. The van der Waals surface area contributed by atoms with E-state index in [0.717, 1.165) is 38.7 Å². The van der Waals surface area contributed by atoms with Crippen molar-refractivity contribution in [2.75, 3.05) is 33.5 Å². The van der Waals surface area contributed by atoms with E-state index in [-0.39, 0.29) is 11.5 Å². The number of aliphatic hydroxyl groups excluding tert-OH is 1. The molecule has 0 amide bonds. The highest BCUT2D eigenvalue weighted by Gasteiger charge is 2.37. The van der Waals surface area contributed by atoms with E-state index in [2.05, 4.69) is 0 Å². The molecule has 1 aliphatic rings. The standard InChI is InChI=1S/C13H27NO3/c1-16-9-10-17-8-4-7-13(11-14)6-3-2-5-12(13)15/h12,15H,2-11,14H2,1H3. The Kier molecular flexibility index (Phi) is 7.04. The van der Waals surface area contributed by atoms with Gasteiger partial charge in [0.25, 0.3) is 0 Å². The largest absolute Gasteiger partial charge is 0.393 e. The van der Waals surface area contributed by atoms with E-state index in [1.165, 1.54) is 6.42 Å². The molecule has 4 heteroatoms. The van der Waals surface area contributed by atoms with Crippen molar-refractivity contribution in [1.82, 2.24) is 0 Å². The van der Waals surface area contributed by atoms with E-state index in [0.29, 0.717) is 19.8 Å². The summed E-state index contributed by atoms with van der Waals surface area (Å²) in [5.41, 5.74) is 5.82. The van der Waals surface area contributed by atoms with E-state index in [9.17, 15) is 5.11 Å². The molecule has 1 fully saturated rings. The molecule has 0 aromatic heterocycles. The molecule has 17 heavy (non-hydrogen) atoms. The first-order chi connectivity index (χ1) is 8.25. The minimum atomic E-state index is -0.222. The van der Waals surface area contributed by atoms with Gasteiger partial charge in [0.05, 0.1) is 19.3 Å². The maximum Gasteiger partial charge on any atom is 0.0700 e. The van der Waals surface area contributed by atoms with E-state index in [4.69, 9.17) is 15.2 Å². The van der Waals surface area contributed by atoms with Gasteiger partial charge >= 0.3 is 0 Å². The lowest BCUT2D eigenvalue weighted by Crippen LogP contribution is -2.44. The van der Waals surface area contributed by atoms with Crippen molar-refractivity contribution < 1.29 is 14.6 Å². The van der Waals surface area contributed by atoms with Crippen molar-refractivity contribution in [3.8, 4) is 0 Å². The van der Waals surface area contributed by atoms with Crippen LogP contribution in [0.1, 0.15) is 38.5 Å². The first kappa shape index (κ1) is 14.9. The van der Waals surface area contributed by atoms with Gasteiger partial charge in [0.15, 0.2) is 0 Å². The summed E-state index contributed by atoms with van der Waals surface area (Å²) >= 11 is 0. The second kappa shape index (κ2) is 8.03. The van der Waals surface area contributed by atoms with Gasteiger partial charge in [-0.05, 0) is 25.7 Å². The van der Waals surface area contributed by atoms with Crippen LogP contribution in [0.4, 0.5) is 0 Å². The van der Waals surface area contributed by atoms with Crippen LogP contribution in [-0.2, 0) is 9.47 Å². The fraction of sp³-hybridized carbons (Fsp3) is 1.00. The lowest BCUT2D eigenvalue weighted by atomic mass is 9.69. The number of nitrogens with two attached hydrogens (primary N) is 1. The Morgan fingerprint density at radius 1 is 1.29 bits per heavy atom. The molecule has 0 bridgehead atoms. The number of rotatable bonds is 8. The van der Waals surface area contributed by atoms with Crippen LogP contribution in [0, 0.1) is 5.41 Å². The zero-order valence-electron chi connectivity index (χ0n) is 11.0. The third-order valence-corrected chi connectivity index (χ3v) is 3.91. The third kappa shape index (κ3) is 4.54. The van der Waals surface area contributed by atoms with Crippen molar-refractivity contribution in [2.24, 2.45) is 11.1 Å². The average Bonchev–Trinajstić information content (AvgIpc) is 2.36. The van der Waals surface area contributed by atoms with Crippen LogP contribution in [0.3, 0.4) is 0 Å². The first-order valence-electron chi connectivity index (χ1n) is 6.70. The SMILES string of the molecule is COCCOCCCC1(CN)CCCCC1O. The van der Waals surface area contributed by atoms with Gasteiger partial charge in [-0.3, -0.25) is 0 Å². The molecule has 0 radical (unpaired) electrons. The summed E-state index contributed by atoms with van der Waals surface area (Å²) < 4.78 is 10.4. The van der Waals surface area contributed by atoms with Crippen molar-refractivity contribution in [2.45, 2.75) is 44.6 Å². The number of hydrogen-bond donors (Lipinski definition) is 2. The molecule has 0 saturated heterocycles. The van der Waals surface area contributed by atoms with Crippen LogP contribution in [0.2, 0.25) is 0 Å². The Bertz CT molecular complexity index is 201. The van der Waals surface area contributed by atoms with E-state index < -0.39 is 0 Å². The molecule has 0 aliphatic heterocycles. The van der Waals surface area contributed by atoms with Gasteiger partial charge in [0.1, 0.15) is 0 Å². The van der Waals surface area contributed by atoms with Crippen LogP contribution >= 0.6 is 0 Å². The second-order valence-corrected chi connectivity index (χ2v) is 5.04. The van der Waals surface area contributed by atoms with Crippen molar-refractivity contribution in [3.63, 3.8) is 0 Å². The Labute approximate surface area is 104 Å². The number of ether oxygens (including phenoxy) is 2. The monoisotopic (exact) mass is 245 g/mol. The Morgan fingerprint density at radius 2 is 2.12 bits per heavy atom. The first-order valence-corrected chi connectivity index (χ1v) is 6.70. The molecule has 1 rings (SSSR count). The van der Waals surface area contributed by atoms with Crippen LogP contribution < -0.4 is 5.73 Å². The van der Waals surface area contributed by atoms with Crippen LogP contribution in [0.5, 0.6) is 0 Å². The molecule has 4 nitrogen and oxygen atoms in total. The summed E-state index contributed by atoms with van der Waals surface area (Å²) in [4.78, 5) is 0. The van der Waals surface area contributed by atoms with Gasteiger partial charge in [-0.25, -0.2) is 0 Å². The molecular formula is C13H27NO3. The molecule has 2 atom stereocenters. The maximum absolute atomic E-state index is 10.1. The zero-order chi connectivity index (χ0) is 12.6. The van der Waals surface area contributed by atoms with Crippen molar-refractivity contribution in [3.05, 3.63) is 0 Å². The van der Waals surface area contributed by atoms with E-state index >= 15 is 0 Å². The summed E-state index contributed by atoms with van der Waals surface area (Å²) in [7, 11) is 1.67. The molecule has 2 unspecified atom stereocenters. The number of methoxy groups -OCH3 is 1. The van der Waals surface area contributed by atoms with Gasteiger partial charge in [-0.2, -0.15) is 0 Å². The minimum Gasteiger partial charge on any atom is -0.393 e. The summed E-state index contributed by atoms with van der Waals surface area (Å²) in [5.74, 6) is 0. The highest BCUT2D eigenvalue weighted by Crippen LogP contribution is 2.39. The van der Waals surface area contributed by atoms with Gasteiger partial charge in [-0.15, -0.1) is 0 Å². The lowest BCUT2D eigenvalue weighted by Gasteiger charge is -2.41. The summed E-state index contributed by atoms with van der Waals surface area (Å²) in [6.45, 7) is 2.61. The Balaban J connectivity index is 2.21. The minimum absolute atomic E-state index is 0.0527. The summed E-state index contributed by atoms with van der Waals surface area (Å²) in [6.07, 6.45) is 6.01. The fourth-order valence-corrected chi connectivity index (χ4v) is 2.69. The van der Waals surface area contributed by atoms with Crippen molar-refractivity contribution in [1.29, 1.82) is 0 Å². The molecular weight excluding hydrogens is 218 g/mol. The molecule has 3 N–H and O–H groups in total. The zero-order valence-corrected chi connectivity index (χ0v) is 11.0. The van der Waals surface area contributed by atoms with Crippen LogP contribution in [0.15, 0.2) is 0 Å². The third-order valence-electron chi connectivity index (χ3n) is 3.91. The maximum atomic E-state index is 10.1. The molecule has 0 spiro atoms. The lowest BCUT2D eigenvalue weighted by molar-refractivity contribution is -0.0192. The Hall–Kier alpha value is -0.160. The highest BCUT2D eigenvalue weighted by molar-refractivity contribution is 4.90. The predicted octanol–water partition coefficient (Wildman–Crippen LogP) is 1.31. The normalized spacial score (nSPS) is 29.5. The fourth-order valence-electron chi connectivity index (χ4n) is 2.69. The molecule has 0 heterocycles. The smallest absolute Gasteiger partial charge is 0.0700 e. The summed E-state index contributed by atoms with van der Waals surface area (Å²) in [6, 6.07) is 0. The Morgan fingerprint density at radius 3 is 2.76 bits per heavy atom. The van der Waals surface area contributed by atoms with Gasteiger partial charge < -0.3 is 20.3 Å². The second-order valence-electron chi connectivity index (χ2n) is 5.04.